The lowest BCUT2D eigenvalue weighted by atomic mass is 9.96. The highest BCUT2D eigenvalue weighted by Crippen LogP contribution is 2.35. The van der Waals surface area contributed by atoms with Gasteiger partial charge in [0.15, 0.2) is 4.80 Å². The summed E-state index contributed by atoms with van der Waals surface area (Å²) in [4.78, 5) is 32.0. The van der Waals surface area contributed by atoms with Crippen LogP contribution in [0.1, 0.15) is 24.3 Å². The molecule has 0 amide bonds. The molecule has 1 atom stereocenters. The number of hydrogen-bond acceptors (Lipinski definition) is 7. The number of esters is 1. The highest BCUT2D eigenvalue weighted by atomic mass is 35.5. The molecule has 7 nitrogen and oxygen atoms in total. The van der Waals surface area contributed by atoms with E-state index in [1.54, 1.807) is 67.6 Å². The van der Waals surface area contributed by atoms with Gasteiger partial charge >= 0.3 is 5.97 Å². The van der Waals surface area contributed by atoms with E-state index in [0.29, 0.717) is 52.7 Å². The number of rotatable bonds is 7. The lowest BCUT2D eigenvalue weighted by Gasteiger charge is -2.25. The monoisotopic (exact) mass is 602 g/mol. The summed E-state index contributed by atoms with van der Waals surface area (Å²) in [6.07, 6.45) is 1.64. The molecule has 3 heterocycles. The summed E-state index contributed by atoms with van der Waals surface area (Å²) in [6.45, 7) is 2.01. The summed E-state index contributed by atoms with van der Waals surface area (Å²) in [5.41, 5.74) is 1.58. The molecule has 2 aromatic heterocycles. The maximum atomic E-state index is 13.8. The van der Waals surface area contributed by atoms with Gasteiger partial charge in [-0.15, -0.1) is 0 Å². The highest BCUT2D eigenvalue weighted by molar-refractivity contribution is 7.07. The molecule has 39 heavy (non-hydrogen) atoms. The topological polar surface area (TPSA) is 83.0 Å². The zero-order valence-electron chi connectivity index (χ0n) is 20.7. The van der Waals surface area contributed by atoms with Gasteiger partial charge in [-0.2, -0.15) is 0 Å². The first kappa shape index (κ1) is 27.4. The molecule has 5 rings (SSSR count). The number of ether oxygens (including phenoxy) is 2. The van der Waals surface area contributed by atoms with Gasteiger partial charge in [-0.1, -0.05) is 64.3 Å². The summed E-state index contributed by atoms with van der Waals surface area (Å²) in [6, 6.07) is 14.9. The molecular formula is C28H21Cl3N2O5S. The number of furan rings is 1. The first-order valence-corrected chi connectivity index (χ1v) is 13.7. The molecule has 200 valence electrons. The molecule has 0 bridgehead atoms. The van der Waals surface area contributed by atoms with E-state index in [9.17, 15) is 9.59 Å². The zero-order valence-corrected chi connectivity index (χ0v) is 23.8. The van der Waals surface area contributed by atoms with Crippen LogP contribution >= 0.6 is 46.1 Å². The molecule has 0 saturated carbocycles. The molecule has 2 aromatic carbocycles. The van der Waals surface area contributed by atoms with Gasteiger partial charge < -0.3 is 13.9 Å². The third kappa shape index (κ3) is 5.48. The Morgan fingerprint density at radius 3 is 2.64 bits per heavy atom. The largest absolute Gasteiger partial charge is 0.460 e. The average molecular weight is 604 g/mol. The van der Waals surface area contributed by atoms with Gasteiger partial charge in [0.25, 0.3) is 5.56 Å². The van der Waals surface area contributed by atoms with Crippen LogP contribution in [-0.4, -0.2) is 30.9 Å². The normalized spacial score (nSPS) is 15.3. The van der Waals surface area contributed by atoms with Crippen LogP contribution in [0.25, 0.3) is 17.4 Å². The fraction of sp³-hybridized carbons (Fsp3) is 0.179. The van der Waals surface area contributed by atoms with Crippen LogP contribution < -0.4 is 14.9 Å². The summed E-state index contributed by atoms with van der Waals surface area (Å²) in [7, 11) is 1.52. The van der Waals surface area contributed by atoms with Crippen molar-refractivity contribution in [3.8, 4) is 11.3 Å². The average Bonchev–Trinajstić information content (AvgIpc) is 3.48. The molecule has 11 heteroatoms. The Kier molecular flexibility index (Phi) is 8.11. The Hall–Kier alpha value is -3.14. The summed E-state index contributed by atoms with van der Waals surface area (Å²) >= 11 is 20.1. The van der Waals surface area contributed by atoms with Crippen LogP contribution in [0, 0.1) is 0 Å². The van der Waals surface area contributed by atoms with Crippen molar-refractivity contribution in [3.05, 3.63) is 112 Å². The first-order chi connectivity index (χ1) is 18.8. The second-order valence-corrected chi connectivity index (χ2v) is 10.8. The van der Waals surface area contributed by atoms with Crippen molar-refractivity contribution in [2.45, 2.75) is 13.0 Å². The molecule has 1 aliphatic heterocycles. The molecule has 4 aromatic rings. The SMILES string of the molecule is COCCOC(=O)C1=C(C)N=c2sc(=Cc3ccc(-c4ccc(Cl)cc4Cl)o3)c(=O)n2C1c1ccccc1Cl. The molecule has 0 N–H and O–H groups in total. The van der Waals surface area contributed by atoms with Crippen molar-refractivity contribution in [2.24, 2.45) is 4.99 Å². The van der Waals surface area contributed by atoms with Gasteiger partial charge in [0, 0.05) is 28.8 Å². The second-order valence-electron chi connectivity index (χ2n) is 8.56. The summed E-state index contributed by atoms with van der Waals surface area (Å²) in [5, 5.41) is 1.37. The fourth-order valence-electron chi connectivity index (χ4n) is 4.26. The number of nitrogens with zero attached hydrogens (tertiary/aromatic N) is 2. The lowest BCUT2D eigenvalue weighted by molar-refractivity contribution is -0.140. The van der Waals surface area contributed by atoms with Gasteiger partial charge in [0.1, 0.15) is 24.2 Å². The van der Waals surface area contributed by atoms with E-state index in [-0.39, 0.29) is 24.3 Å². The zero-order chi connectivity index (χ0) is 27.7. The quantitative estimate of drug-likeness (QED) is 0.202. The number of aromatic nitrogens is 1. The number of methoxy groups -OCH3 is 1. The van der Waals surface area contributed by atoms with Crippen molar-refractivity contribution < 1.29 is 18.7 Å². The van der Waals surface area contributed by atoms with Gasteiger partial charge in [-0.05, 0) is 48.9 Å². The standard InChI is InChI=1S/C28H21Cl3N2O5S/c1-15-24(27(35)37-12-11-36-2)25(19-5-3-4-6-20(19)30)33-26(34)23(39-28(33)32-15)14-17-8-10-22(38-17)18-9-7-16(29)13-21(18)31/h3-10,13-14,25H,11-12H2,1-2H3. The van der Waals surface area contributed by atoms with E-state index in [0.717, 1.165) is 0 Å². The minimum absolute atomic E-state index is 0.0598. The molecular weight excluding hydrogens is 583 g/mol. The Bertz CT molecular complexity index is 1790. The van der Waals surface area contributed by atoms with Crippen LogP contribution in [0.3, 0.4) is 0 Å². The number of hydrogen-bond donors (Lipinski definition) is 0. The van der Waals surface area contributed by atoms with Crippen LogP contribution in [-0.2, 0) is 14.3 Å². The Morgan fingerprint density at radius 2 is 1.90 bits per heavy atom. The van der Waals surface area contributed by atoms with E-state index >= 15 is 0 Å². The van der Waals surface area contributed by atoms with Crippen molar-refractivity contribution in [1.82, 2.24) is 4.57 Å². The predicted octanol–water partition coefficient (Wildman–Crippen LogP) is 5.65. The first-order valence-electron chi connectivity index (χ1n) is 11.8. The van der Waals surface area contributed by atoms with E-state index in [1.165, 1.54) is 23.0 Å². The number of halogens is 3. The maximum absolute atomic E-state index is 13.8. The number of benzene rings is 2. The smallest absolute Gasteiger partial charge is 0.338 e. The second kappa shape index (κ2) is 11.5. The van der Waals surface area contributed by atoms with Crippen molar-refractivity contribution in [3.63, 3.8) is 0 Å². The molecule has 0 fully saturated rings. The molecule has 0 spiro atoms. The van der Waals surface area contributed by atoms with Crippen LogP contribution in [0.15, 0.2) is 80.1 Å². The van der Waals surface area contributed by atoms with Crippen molar-refractivity contribution in [2.75, 3.05) is 20.3 Å². The van der Waals surface area contributed by atoms with Gasteiger partial charge in [-0.25, -0.2) is 9.79 Å². The summed E-state index contributed by atoms with van der Waals surface area (Å²) in [5.74, 6) is 0.384. The Morgan fingerprint density at radius 1 is 1.10 bits per heavy atom. The number of thiazole rings is 1. The van der Waals surface area contributed by atoms with Crippen molar-refractivity contribution in [1.29, 1.82) is 0 Å². The van der Waals surface area contributed by atoms with E-state index in [2.05, 4.69) is 4.99 Å². The molecule has 1 unspecified atom stereocenters. The fourth-order valence-corrected chi connectivity index (χ4v) is 6.03. The van der Waals surface area contributed by atoms with Crippen LogP contribution in [0.5, 0.6) is 0 Å². The lowest BCUT2D eigenvalue weighted by Crippen LogP contribution is -2.40. The van der Waals surface area contributed by atoms with Crippen LogP contribution in [0.2, 0.25) is 15.1 Å². The Labute approximate surface area is 242 Å². The molecule has 0 radical (unpaired) electrons. The van der Waals surface area contributed by atoms with Crippen LogP contribution in [0.4, 0.5) is 0 Å². The number of carbonyl (C=O) groups excluding carboxylic acids is 1. The van der Waals surface area contributed by atoms with Gasteiger partial charge in [-0.3, -0.25) is 9.36 Å². The highest BCUT2D eigenvalue weighted by Gasteiger charge is 2.34. The third-order valence-corrected chi connectivity index (χ3v) is 7.93. The number of carbonyl (C=O) groups is 1. The number of allylic oxidation sites excluding steroid dienone is 1. The third-order valence-electron chi connectivity index (χ3n) is 6.06. The van der Waals surface area contributed by atoms with Gasteiger partial charge in [0.05, 0.1) is 27.4 Å². The van der Waals surface area contributed by atoms with Gasteiger partial charge in [0.2, 0.25) is 0 Å². The molecule has 0 saturated heterocycles. The number of fused-ring (bicyclic) bond motifs is 1. The molecule has 1 aliphatic rings. The minimum atomic E-state index is -0.827. The minimum Gasteiger partial charge on any atom is -0.460 e. The predicted molar refractivity (Wildman–Crippen MR) is 152 cm³/mol. The van der Waals surface area contributed by atoms with E-state index in [1.807, 2.05) is 0 Å². The van der Waals surface area contributed by atoms with Crippen molar-refractivity contribution >= 4 is 58.2 Å². The maximum Gasteiger partial charge on any atom is 0.338 e. The Balaban J connectivity index is 1.61. The van der Waals surface area contributed by atoms with E-state index in [4.69, 9.17) is 48.7 Å². The summed E-state index contributed by atoms with van der Waals surface area (Å²) < 4.78 is 18.2. The van der Waals surface area contributed by atoms with E-state index < -0.39 is 12.0 Å². The molecule has 0 aliphatic carbocycles.